The van der Waals surface area contributed by atoms with Crippen LogP contribution in [0.3, 0.4) is 0 Å². The van der Waals surface area contributed by atoms with E-state index in [0.29, 0.717) is 6.42 Å². The fourth-order valence-electron chi connectivity index (χ4n) is 3.13. The van der Waals surface area contributed by atoms with Gasteiger partial charge in [0.2, 0.25) is 5.91 Å². The minimum atomic E-state index is -0.343. The number of rotatable bonds is 4. The molecule has 1 aliphatic heterocycles. The van der Waals surface area contributed by atoms with Crippen LogP contribution in [0.5, 0.6) is 5.75 Å². The van der Waals surface area contributed by atoms with Crippen LogP contribution in [0.1, 0.15) is 41.6 Å². The van der Waals surface area contributed by atoms with Gasteiger partial charge >= 0.3 is 0 Å². The molecule has 1 amide bonds. The van der Waals surface area contributed by atoms with Crippen molar-refractivity contribution < 1.29 is 9.53 Å². The highest BCUT2D eigenvalue weighted by Crippen LogP contribution is 2.36. The maximum atomic E-state index is 11.8. The van der Waals surface area contributed by atoms with Crippen LogP contribution >= 0.6 is 0 Å². The molecule has 1 atom stereocenters. The fourth-order valence-corrected chi connectivity index (χ4v) is 3.13. The third-order valence-corrected chi connectivity index (χ3v) is 4.41. The zero-order valence-electron chi connectivity index (χ0n) is 13.6. The van der Waals surface area contributed by atoms with Gasteiger partial charge in [0, 0.05) is 17.7 Å². The Morgan fingerprint density at radius 3 is 2.74 bits per heavy atom. The van der Waals surface area contributed by atoms with Crippen molar-refractivity contribution in [2.75, 3.05) is 12.4 Å². The van der Waals surface area contributed by atoms with E-state index in [1.807, 2.05) is 24.3 Å². The number of nitrogens with two attached hydrogens (primary N) is 1. The molecule has 0 saturated heterocycles. The van der Waals surface area contributed by atoms with E-state index in [2.05, 4.69) is 24.4 Å². The van der Waals surface area contributed by atoms with Crippen LogP contribution in [0.25, 0.3) is 0 Å². The van der Waals surface area contributed by atoms with E-state index in [-0.39, 0.29) is 11.9 Å². The third-order valence-electron chi connectivity index (χ3n) is 4.41. The van der Waals surface area contributed by atoms with E-state index in [0.717, 1.165) is 35.4 Å². The zero-order chi connectivity index (χ0) is 16.4. The lowest BCUT2D eigenvalue weighted by Crippen LogP contribution is -2.24. The quantitative estimate of drug-likeness (QED) is 0.911. The van der Waals surface area contributed by atoms with Crippen LogP contribution in [0, 0.1) is 0 Å². The van der Waals surface area contributed by atoms with Crippen LogP contribution in [-0.4, -0.2) is 13.0 Å². The molecular formula is C19H22N2O2. The number of methoxy groups -OCH3 is 1. The maximum Gasteiger partial charge on any atom is 0.224 e. The minimum absolute atomic E-state index is 0.0511. The minimum Gasteiger partial charge on any atom is -0.496 e. The lowest BCUT2D eigenvalue weighted by atomic mass is 9.89. The second-order valence-corrected chi connectivity index (χ2v) is 5.84. The van der Waals surface area contributed by atoms with Gasteiger partial charge in [-0.15, -0.1) is 0 Å². The Kier molecular flexibility index (Phi) is 4.35. The number of fused-ring (bicyclic) bond motifs is 1. The van der Waals surface area contributed by atoms with Gasteiger partial charge in [-0.3, -0.25) is 4.79 Å². The molecule has 3 rings (SSSR count). The first-order chi connectivity index (χ1) is 11.1. The monoisotopic (exact) mass is 310 g/mol. The summed E-state index contributed by atoms with van der Waals surface area (Å²) in [6.45, 7) is 2.13. The summed E-state index contributed by atoms with van der Waals surface area (Å²) in [4.78, 5) is 11.8. The van der Waals surface area contributed by atoms with E-state index in [4.69, 9.17) is 10.5 Å². The largest absolute Gasteiger partial charge is 0.496 e. The molecule has 0 fully saturated rings. The van der Waals surface area contributed by atoms with Crippen molar-refractivity contribution in [3.05, 3.63) is 58.7 Å². The summed E-state index contributed by atoms with van der Waals surface area (Å²) < 4.78 is 5.44. The first kappa shape index (κ1) is 15.6. The van der Waals surface area contributed by atoms with Gasteiger partial charge in [-0.05, 0) is 35.6 Å². The molecule has 4 heteroatoms. The van der Waals surface area contributed by atoms with Gasteiger partial charge in [-0.1, -0.05) is 37.3 Å². The summed E-state index contributed by atoms with van der Waals surface area (Å²) in [6, 6.07) is 11.7. The number of hydrogen-bond acceptors (Lipinski definition) is 3. The first-order valence-electron chi connectivity index (χ1n) is 7.98. The Morgan fingerprint density at radius 1 is 1.22 bits per heavy atom. The highest BCUT2D eigenvalue weighted by molar-refractivity contribution is 5.95. The molecule has 4 nitrogen and oxygen atoms in total. The number of hydrogen-bond donors (Lipinski definition) is 2. The smallest absolute Gasteiger partial charge is 0.224 e. The maximum absolute atomic E-state index is 11.8. The Morgan fingerprint density at radius 2 is 2.00 bits per heavy atom. The molecule has 0 spiro atoms. The number of aryl methyl sites for hydroxylation is 2. The molecule has 2 aromatic rings. The standard InChI is InChI=1S/C19H22N2O2/c1-3-12-10-13-8-9-17(22)21-19(13)15(11-12)18(20)14-6-4-5-7-16(14)23-2/h4-7,10-11,18H,3,8-9,20H2,1-2H3,(H,21,22). The Hall–Kier alpha value is -2.33. The number of anilines is 1. The van der Waals surface area contributed by atoms with E-state index in [9.17, 15) is 4.79 Å². The van der Waals surface area contributed by atoms with Crippen molar-refractivity contribution in [3.63, 3.8) is 0 Å². The van der Waals surface area contributed by atoms with E-state index in [1.54, 1.807) is 7.11 Å². The van der Waals surface area contributed by atoms with Crippen LogP contribution in [-0.2, 0) is 17.6 Å². The van der Waals surface area contributed by atoms with Crippen molar-refractivity contribution in [2.45, 2.75) is 32.2 Å². The SMILES string of the molecule is CCc1cc2c(c(C(N)c3ccccc3OC)c1)NC(=O)CC2. The first-order valence-corrected chi connectivity index (χ1v) is 7.98. The van der Waals surface area contributed by atoms with Gasteiger partial charge in [-0.2, -0.15) is 0 Å². The highest BCUT2D eigenvalue weighted by Gasteiger charge is 2.24. The molecule has 0 radical (unpaired) electrons. The molecule has 0 saturated carbocycles. The van der Waals surface area contributed by atoms with Crippen molar-refractivity contribution >= 4 is 11.6 Å². The van der Waals surface area contributed by atoms with Crippen molar-refractivity contribution in [2.24, 2.45) is 5.73 Å². The lowest BCUT2D eigenvalue weighted by molar-refractivity contribution is -0.116. The second kappa shape index (κ2) is 6.42. The Balaban J connectivity index is 2.12. The summed E-state index contributed by atoms with van der Waals surface area (Å²) in [6.07, 6.45) is 2.23. The molecule has 23 heavy (non-hydrogen) atoms. The molecule has 120 valence electrons. The molecule has 2 aromatic carbocycles. The number of ether oxygens (including phenoxy) is 1. The summed E-state index contributed by atoms with van der Waals surface area (Å²) >= 11 is 0. The summed E-state index contributed by atoms with van der Waals surface area (Å²) in [5.41, 5.74) is 11.7. The summed E-state index contributed by atoms with van der Waals surface area (Å²) in [5.74, 6) is 0.813. The van der Waals surface area contributed by atoms with Gasteiger partial charge in [0.15, 0.2) is 0 Å². The van der Waals surface area contributed by atoms with Crippen molar-refractivity contribution in [1.82, 2.24) is 0 Å². The normalized spacial score (nSPS) is 14.8. The molecule has 0 aromatic heterocycles. The van der Waals surface area contributed by atoms with Gasteiger partial charge in [0.25, 0.3) is 0 Å². The van der Waals surface area contributed by atoms with Gasteiger partial charge in [-0.25, -0.2) is 0 Å². The van der Waals surface area contributed by atoms with Crippen molar-refractivity contribution in [1.29, 1.82) is 0 Å². The van der Waals surface area contributed by atoms with E-state index in [1.165, 1.54) is 11.1 Å². The number of amides is 1. The summed E-state index contributed by atoms with van der Waals surface area (Å²) in [7, 11) is 1.64. The topological polar surface area (TPSA) is 64.3 Å². The average molecular weight is 310 g/mol. The molecule has 1 aliphatic rings. The summed E-state index contributed by atoms with van der Waals surface area (Å²) in [5, 5.41) is 3.01. The van der Waals surface area contributed by atoms with Gasteiger partial charge < -0.3 is 15.8 Å². The average Bonchev–Trinajstić information content (AvgIpc) is 2.60. The van der Waals surface area contributed by atoms with Gasteiger partial charge in [0.1, 0.15) is 5.75 Å². The highest BCUT2D eigenvalue weighted by atomic mass is 16.5. The number of nitrogens with one attached hydrogen (secondary N) is 1. The lowest BCUT2D eigenvalue weighted by Gasteiger charge is -2.25. The molecule has 3 N–H and O–H groups in total. The predicted octanol–water partition coefficient (Wildman–Crippen LogP) is 3.19. The fraction of sp³-hybridized carbons (Fsp3) is 0.316. The molecular weight excluding hydrogens is 288 g/mol. The van der Waals surface area contributed by atoms with Crippen LogP contribution < -0.4 is 15.8 Å². The molecule has 0 bridgehead atoms. The van der Waals surface area contributed by atoms with E-state index < -0.39 is 0 Å². The van der Waals surface area contributed by atoms with Crippen LogP contribution in [0.2, 0.25) is 0 Å². The number of carbonyl (C=O) groups excluding carboxylic acids is 1. The number of carbonyl (C=O) groups is 1. The van der Waals surface area contributed by atoms with Gasteiger partial charge in [0.05, 0.1) is 13.2 Å². The van der Waals surface area contributed by atoms with Crippen LogP contribution in [0.4, 0.5) is 5.69 Å². The zero-order valence-corrected chi connectivity index (χ0v) is 13.6. The molecule has 0 aliphatic carbocycles. The number of para-hydroxylation sites is 1. The molecule has 1 heterocycles. The number of benzene rings is 2. The van der Waals surface area contributed by atoms with Crippen molar-refractivity contribution in [3.8, 4) is 5.75 Å². The second-order valence-electron chi connectivity index (χ2n) is 5.84. The Bertz CT molecular complexity index is 740. The Labute approximate surface area is 136 Å². The predicted molar refractivity (Wildman–Crippen MR) is 91.8 cm³/mol. The van der Waals surface area contributed by atoms with E-state index >= 15 is 0 Å². The third kappa shape index (κ3) is 2.94. The molecule has 1 unspecified atom stereocenters. The van der Waals surface area contributed by atoms with Crippen LogP contribution in [0.15, 0.2) is 36.4 Å².